The van der Waals surface area contributed by atoms with Crippen molar-refractivity contribution in [3.8, 4) is 5.75 Å². The fraction of sp³-hybridized carbons (Fsp3) is 0.481. The second-order valence-electron chi connectivity index (χ2n) is 9.44. The van der Waals surface area contributed by atoms with Gasteiger partial charge in [-0.2, -0.15) is 0 Å². The normalized spacial score (nSPS) is 22.5. The number of likely N-dealkylation sites (tertiary alicyclic amines) is 1. The van der Waals surface area contributed by atoms with Gasteiger partial charge in [-0.3, -0.25) is 9.59 Å². The Morgan fingerprint density at radius 1 is 1.24 bits per heavy atom. The third kappa shape index (κ3) is 6.32. The molecule has 0 bridgehead atoms. The summed E-state index contributed by atoms with van der Waals surface area (Å²) in [5.74, 6) is 0.270. The average molecular weight is 485 g/mol. The van der Waals surface area contributed by atoms with E-state index in [2.05, 4.69) is 35.8 Å². The van der Waals surface area contributed by atoms with Crippen LogP contribution in [0.5, 0.6) is 5.75 Å². The van der Waals surface area contributed by atoms with Gasteiger partial charge in [-0.25, -0.2) is 4.39 Å². The molecule has 2 fully saturated rings. The van der Waals surface area contributed by atoms with Gasteiger partial charge in [-0.15, -0.1) is 11.8 Å². The van der Waals surface area contributed by atoms with Crippen molar-refractivity contribution in [2.24, 2.45) is 5.92 Å². The van der Waals surface area contributed by atoms with E-state index >= 15 is 0 Å². The Morgan fingerprint density at radius 2 is 2.03 bits per heavy atom. The third-order valence-corrected chi connectivity index (χ3v) is 7.68. The van der Waals surface area contributed by atoms with Gasteiger partial charge in [0.25, 0.3) is 0 Å². The minimum atomic E-state index is -0.364. The Balaban J connectivity index is 1.32. The first-order chi connectivity index (χ1) is 16.5. The summed E-state index contributed by atoms with van der Waals surface area (Å²) in [6, 6.07) is 14.9. The number of nitrogens with zero attached hydrogens (tertiary/aromatic N) is 1. The van der Waals surface area contributed by atoms with Gasteiger partial charge in [0.05, 0.1) is 6.61 Å². The lowest BCUT2D eigenvalue weighted by Crippen LogP contribution is -2.46. The summed E-state index contributed by atoms with van der Waals surface area (Å²) in [6.07, 6.45) is 6.97. The number of hydrogen-bond donors (Lipinski definition) is 1. The standard InChI is InChI=1S/C27H33FN2O3S/c1-34-22-10-8-20(9-11-22)17-27(14-12-25(31)29-27)15-13-26(32)30-16-4-5-21(18-30)19-33-24-7-3-2-6-23(24)28/h2-3,6-11,21H,4-5,12-19H2,1H3,(H,29,31)/t21-,27+/m0/s1. The summed E-state index contributed by atoms with van der Waals surface area (Å²) < 4.78 is 19.5. The van der Waals surface area contributed by atoms with E-state index in [-0.39, 0.29) is 34.8 Å². The van der Waals surface area contributed by atoms with E-state index in [1.807, 2.05) is 4.90 Å². The Kier molecular flexibility index (Phi) is 8.14. The highest BCUT2D eigenvalue weighted by Crippen LogP contribution is 2.31. The van der Waals surface area contributed by atoms with Crippen LogP contribution in [0.4, 0.5) is 4.39 Å². The van der Waals surface area contributed by atoms with Crippen LogP contribution < -0.4 is 10.1 Å². The van der Waals surface area contributed by atoms with E-state index in [0.29, 0.717) is 32.4 Å². The molecule has 0 aliphatic carbocycles. The predicted molar refractivity (Wildman–Crippen MR) is 132 cm³/mol. The molecule has 4 rings (SSSR count). The first-order valence-electron chi connectivity index (χ1n) is 12.1. The lowest BCUT2D eigenvalue weighted by atomic mass is 9.84. The number of piperidine rings is 1. The Hall–Kier alpha value is -2.54. The van der Waals surface area contributed by atoms with Gasteiger partial charge in [0.1, 0.15) is 0 Å². The molecule has 2 aromatic carbocycles. The minimum Gasteiger partial charge on any atom is -0.490 e. The van der Waals surface area contributed by atoms with Gasteiger partial charge in [-0.05, 0) is 68.2 Å². The van der Waals surface area contributed by atoms with Crippen molar-refractivity contribution in [1.82, 2.24) is 10.2 Å². The third-order valence-electron chi connectivity index (χ3n) is 6.94. The van der Waals surface area contributed by atoms with Gasteiger partial charge in [0.2, 0.25) is 11.8 Å². The van der Waals surface area contributed by atoms with E-state index in [0.717, 1.165) is 32.2 Å². The van der Waals surface area contributed by atoms with Crippen LogP contribution in [0.3, 0.4) is 0 Å². The van der Waals surface area contributed by atoms with Crippen molar-refractivity contribution < 1.29 is 18.7 Å². The highest BCUT2D eigenvalue weighted by Gasteiger charge is 2.38. The molecule has 0 spiro atoms. The summed E-state index contributed by atoms with van der Waals surface area (Å²) in [7, 11) is 0. The number of amides is 2. The summed E-state index contributed by atoms with van der Waals surface area (Å²) in [4.78, 5) is 28.3. The number of benzene rings is 2. The highest BCUT2D eigenvalue weighted by atomic mass is 32.2. The van der Waals surface area contributed by atoms with E-state index in [1.165, 1.54) is 16.5 Å². The smallest absolute Gasteiger partial charge is 0.222 e. The van der Waals surface area contributed by atoms with Gasteiger partial charge in [0, 0.05) is 42.3 Å². The molecule has 1 N–H and O–H groups in total. The van der Waals surface area contributed by atoms with Gasteiger partial charge >= 0.3 is 0 Å². The number of halogens is 1. The highest BCUT2D eigenvalue weighted by molar-refractivity contribution is 7.98. The van der Waals surface area contributed by atoms with Crippen molar-refractivity contribution in [3.05, 3.63) is 59.9 Å². The predicted octanol–water partition coefficient (Wildman–Crippen LogP) is 4.84. The molecule has 5 nitrogen and oxygen atoms in total. The van der Waals surface area contributed by atoms with E-state index in [1.54, 1.807) is 30.0 Å². The molecule has 2 aliphatic heterocycles. The lowest BCUT2D eigenvalue weighted by Gasteiger charge is -2.34. The van der Waals surface area contributed by atoms with Gasteiger partial charge in [0.15, 0.2) is 11.6 Å². The summed E-state index contributed by atoms with van der Waals surface area (Å²) >= 11 is 1.71. The molecule has 34 heavy (non-hydrogen) atoms. The van der Waals surface area contributed by atoms with Crippen molar-refractivity contribution in [2.45, 2.75) is 55.4 Å². The Bertz CT molecular complexity index is 1000. The summed E-state index contributed by atoms with van der Waals surface area (Å²) in [5, 5.41) is 3.18. The zero-order valence-electron chi connectivity index (χ0n) is 19.7. The van der Waals surface area contributed by atoms with E-state index in [4.69, 9.17) is 4.74 Å². The largest absolute Gasteiger partial charge is 0.490 e. The first-order valence-corrected chi connectivity index (χ1v) is 13.3. The van der Waals surface area contributed by atoms with Crippen LogP contribution in [0.25, 0.3) is 0 Å². The van der Waals surface area contributed by atoms with Crippen LogP contribution in [0.15, 0.2) is 53.4 Å². The lowest BCUT2D eigenvalue weighted by molar-refractivity contribution is -0.134. The quantitative estimate of drug-likeness (QED) is 0.518. The van der Waals surface area contributed by atoms with Crippen LogP contribution in [0, 0.1) is 11.7 Å². The number of ether oxygens (including phenoxy) is 1. The molecule has 2 aromatic rings. The maximum atomic E-state index is 13.8. The van der Waals surface area contributed by atoms with E-state index in [9.17, 15) is 14.0 Å². The number of thioether (sulfide) groups is 1. The van der Waals surface area contributed by atoms with Crippen molar-refractivity contribution >= 4 is 23.6 Å². The molecule has 0 saturated carbocycles. The molecule has 0 unspecified atom stereocenters. The van der Waals surface area contributed by atoms with Crippen LogP contribution in [-0.2, 0) is 16.0 Å². The maximum absolute atomic E-state index is 13.8. The molecule has 2 aliphatic rings. The first kappa shape index (κ1) is 24.6. The number of rotatable bonds is 9. The molecule has 2 atom stereocenters. The molecule has 182 valence electrons. The van der Waals surface area contributed by atoms with Crippen LogP contribution in [0.2, 0.25) is 0 Å². The summed E-state index contributed by atoms with van der Waals surface area (Å²) in [5.41, 5.74) is 0.812. The number of para-hydroxylation sites is 1. The van der Waals surface area contributed by atoms with Crippen molar-refractivity contribution in [1.29, 1.82) is 0 Å². The zero-order chi connectivity index (χ0) is 24.0. The number of carbonyl (C=O) groups is 2. The monoisotopic (exact) mass is 484 g/mol. The molecule has 7 heteroatoms. The zero-order valence-corrected chi connectivity index (χ0v) is 20.5. The molecule has 2 saturated heterocycles. The minimum absolute atomic E-state index is 0.0662. The van der Waals surface area contributed by atoms with Crippen LogP contribution in [-0.4, -0.2) is 48.2 Å². The maximum Gasteiger partial charge on any atom is 0.222 e. The van der Waals surface area contributed by atoms with Crippen molar-refractivity contribution in [2.75, 3.05) is 26.0 Å². The second kappa shape index (κ2) is 11.3. The molecule has 0 radical (unpaired) electrons. The average Bonchev–Trinajstić information content (AvgIpc) is 3.23. The molecule has 0 aromatic heterocycles. The SMILES string of the molecule is CSc1ccc(C[C@]2(CCC(=O)N3CCC[C@H](COc4ccccc4F)C3)CCC(=O)N2)cc1. The molecular weight excluding hydrogens is 451 g/mol. The summed E-state index contributed by atoms with van der Waals surface area (Å²) in [6.45, 7) is 1.77. The van der Waals surface area contributed by atoms with Gasteiger partial charge in [-0.1, -0.05) is 24.3 Å². The Labute approximate surface area is 205 Å². The Morgan fingerprint density at radius 3 is 2.74 bits per heavy atom. The molecule has 2 heterocycles. The number of nitrogens with one attached hydrogen (secondary N) is 1. The van der Waals surface area contributed by atoms with E-state index < -0.39 is 0 Å². The van der Waals surface area contributed by atoms with Gasteiger partial charge < -0.3 is 15.0 Å². The fourth-order valence-electron chi connectivity index (χ4n) is 5.02. The number of hydrogen-bond acceptors (Lipinski definition) is 4. The molecule has 2 amide bonds. The topological polar surface area (TPSA) is 58.6 Å². The fourth-order valence-corrected chi connectivity index (χ4v) is 5.43. The second-order valence-corrected chi connectivity index (χ2v) is 10.3. The van der Waals surface area contributed by atoms with Crippen LogP contribution in [0.1, 0.15) is 44.1 Å². The molecular formula is C27H33FN2O3S. The van der Waals surface area contributed by atoms with Crippen LogP contribution >= 0.6 is 11.8 Å². The van der Waals surface area contributed by atoms with Crippen molar-refractivity contribution in [3.63, 3.8) is 0 Å². The number of carbonyl (C=O) groups excluding carboxylic acids is 2.